The van der Waals surface area contributed by atoms with E-state index in [1.165, 1.54) is 0 Å². The summed E-state index contributed by atoms with van der Waals surface area (Å²) in [6, 6.07) is 1.95. The van der Waals surface area contributed by atoms with Gasteiger partial charge in [0.2, 0.25) is 0 Å². The number of terminal acetylenes is 1. The highest BCUT2D eigenvalue weighted by Gasteiger charge is 2.05. The van der Waals surface area contributed by atoms with Crippen molar-refractivity contribution in [3.63, 3.8) is 0 Å². The Bertz CT molecular complexity index is 245. The third kappa shape index (κ3) is 2.69. The second kappa shape index (κ2) is 4.97. The molecule has 1 rings (SSSR count). The van der Waals surface area contributed by atoms with Crippen molar-refractivity contribution in [3.05, 3.63) is 22.4 Å². The molecule has 0 aliphatic carbocycles. The summed E-state index contributed by atoms with van der Waals surface area (Å²) < 4.78 is 0. The lowest BCUT2D eigenvalue weighted by atomic mass is 10.1. The summed E-state index contributed by atoms with van der Waals surface area (Å²) in [6.07, 6.45) is 7.19. The molecule has 1 aromatic heterocycles. The van der Waals surface area contributed by atoms with E-state index in [1.807, 2.05) is 16.8 Å². The number of hydrogen-bond donors (Lipinski definition) is 1. The minimum atomic E-state index is -0.329. The van der Waals surface area contributed by atoms with Gasteiger partial charge < -0.3 is 5.11 Å². The molecule has 0 bridgehead atoms. The quantitative estimate of drug-likeness (QED) is 0.557. The molecule has 0 spiro atoms. The Morgan fingerprint density at radius 2 is 2.50 bits per heavy atom. The SMILES string of the molecule is C#CCCCC(O)c1ccsc1. The fourth-order valence-corrected chi connectivity index (χ4v) is 1.74. The first-order chi connectivity index (χ1) is 5.84. The smallest absolute Gasteiger partial charge is 0.0798 e. The van der Waals surface area contributed by atoms with E-state index < -0.39 is 0 Å². The van der Waals surface area contributed by atoms with E-state index in [0.29, 0.717) is 0 Å². The van der Waals surface area contributed by atoms with Crippen LogP contribution in [0, 0.1) is 12.3 Å². The fourth-order valence-electron chi connectivity index (χ4n) is 1.03. The van der Waals surface area contributed by atoms with Crippen molar-refractivity contribution < 1.29 is 5.11 Å². The predicted molar refractivity (Wildman–Crippen MR) is 52.0 cm³/mol. The summed E-state index contributed by atoms with van der Waals surface area (Å²) in [6.45, 7) is 0. The largest absolute Gasteiger partial charge is 0.388 e. The van der Waals surface area contributed by atoms with E-state index in [9.17, 15) is 5.11 Å². The van der Waals surface area contributed by atoms with Gasteiger partial charge in [-0.2, -0.15) is 11.3 Å². The molecule has 1 atom stereocenters. The van der Waals surface area contributed by atoms with Crippen LogP contribution in [0.3, 0.4) is 0 Å². The Morgan fingerprint density at radius 1 is 1.67 bits per heavy atom. The summed E-state index contributed by atoms with van der Waals surface area (Å²) in [5, 5.41) is 13.5. The van der Waals surface area contributed by atoms with E-state index in [-0.39, 0.29) is 6.10 Å². The van der Waals surface area contributed by atoms with Crippen LogP contribution in [0.5, 0.6) is 0 Å². The fraction of sp³-hybridized carbons (Fsp3) is 0.400. The molecule has 1 heterocycles. The van der Waals surface area contributed by atoms with Crippen LogP contribution in [-0.2, 0) is 0 Å². The lowest BCUT2D eigenvalue weighted by Crippen LogP contribution is -1.94. The zero-order chi connectivity index (χ0) is 8.81. The van der Waals surface area contributed by atoms with Gasteiger partial charge >= 0.3 is 0 Å². The Kier molecular flexibility index (Phi) is 3.86. The molecule has 1 unspecified atom stereocenters. The molecule has 12 heavy (non-hydrogen) atoms. The van der Waals surface area contributed by atoms with Crippen LogP contribution in [0.1, 0.15) is 30.9 Å². The van der Waals surface area contributed by atoms with Crippen LogP contribution in [0.2, 0.25) is 0 Å². The van der Waals surface area contributed by atoms with Gasteiger partial charge in [-0.3, -0.25) is 0 Å². The standard InChI is InChI=1S/C10H12OS/c1-2-3-4-5-10(11)9-6-7-12-8-9/h1,6-8,10-11H,3-5H2. The second-order valence-electron chi connectivity index (χ2n) is 2.67. The summed E-state index contributed by atoms with van der Waals surface area (Å²) in [4.78, 5) is 0. The number of rotatable bonds is 4. The number of thiophene rings is 1. The van der Waals surface area contributed by atoms with Gasteiger partial charge in [0.25, 0.3) is 0 Å². The molecule has 64 valence electrons. The Balaban J connectivity index is 2.30. The zero-order valence-electron chi connectivity index (χ0n) is 6.86. The summed E-state index contributed by atoms with van der Waals surface area (Å²) in [5.74, 6) is 2.56. The van der Waals surface area contributed by atoms with E-state index in [1.54, 1.807) is 11.3 Å². The maximum atomic E-state index is 9.57. The molecule has 1 nitrogen and oxygen atoms in total. The Hall–Kier alpha value is -0.780. The van der Waals surface area contributed by atoms with Crippen LogP contribution >= 0.6 is 11.3 Å². The van der Waals surface area contributed by atoms with E-state index in [2.05, 4.69) is 5.92 Å². The molecule has 0 fully saturated rings. The van der Waals surface area contributed by atoms with Crippen LogP contribution in [0.15, 0.2) is 16.8 Å². The van der Waals surface area contributed by atoms with Gasteiger partial charge in [-0.05, 0) is 35.2 Å². The molecule has 0 radical (unpaired) electrons. The van der Waals surface area contributed by atoms with E-state index >= 15 is 0 Å². The summed E-state index contributed by atoms with van der Waals surface area (Å²) in [7, 11) is 0. The van der Waals surface area contributed by atoms with E-state index in [4.69, 9.17) is 6.42 Å². The highest BCUT2D eigenvalue weighted by Crippen LogP contribution is 2.20. The maximum absolute atomic E-state index is 9.57. The first kappa shape index (κ1) is 9.31. The van der Waals surface area contributed by atoms with Crippen LogP contribution in [-0.4, -0.2) is 5.11 Å². The minimum Gasteiger partial charge on any atom is -0.388 e. The van der Waals surface area contributed by atoms with Crippen LogP contribution < -0.4 is 0 Å². The maximum Gasteiger partial charge on any atom is 0.0798 e. The first-order valence-electron chi connectivity index (χ1n) is 3.98. The third-order valence-corrected chi connectivity index (χ3v) is 2.43. The molecule has 2 heteroatoms. The van der Waals surface area contributed by atoms with Crippen molar-refractivity contribution in [2.75, 3.05) is 0 Å². The lowest BCUT2D eigenvalue weighted by Gasteiger charge is -2.06. The minimum absolute atomic E-state index is 0.329. The molecule has 0 aliphatic rings. The molecular formula is C10H12OS. The molecule has 0 aliphatic heterocycles. The first-order valence-corrected chi connectivity index (χ1v) is 4.92. The van der Waals surface area contributed by atoms with Crippen molar-refractivity contribution in [2.24, 2.45) is 0 Å². The zero-order valence-corrected chi connectivity index (χ0v) is 7.68. The molecule has 0 amide bonds. The molecular weight excluding hydrogens is 168 g/mol. The molecule has 1 aromatic rings. The van der Waals surface area contributed by atoms with Crippen LogP contribution in [0.4, 0.5) is 0 Å². The summed E-state index contributed by atoms with van der Waals surface area (Å²) >= 11 is 1.61. The molecule has 0 saturated carbocycles. The monoisotopic (exact) mass is 180 g/mol. The summed E-state index contributed by atoms with van der Waals surface area (Å²) in [5.41, 5.74) is 1.01. The van der Waals surface area contributed by atoms with Crippen molar-refractivity contribution >= 4 is 11.3 Å². The van der Waals surface area contributed by atoms with Gasteiger partial charge in [-0.15, -0.1) is 12.3 Å². The van der Waals surface area contributed by atoms with Crippen molar-refractivity contribution in [2.45, 2.75) is 25.4 Å². The predicted octanol–water partition coefficient (Wildman–Crippen LogP) is 2.59. The lowest BCUT2D eigenvalue weighted by molar-refractivity contribution is 0.165. The average molecular weight is 180 g/mol. The number of aliphatic hydroxyl groups excluding tert-OH is 1. The van der Waals surface area contributed by atoms with Crippen molar-refractivity contribution in [1.82, 2.24) is 0 Å². The van der Waals surface area contributed by atoms with Crippen molar-refractivity contribution in [1.29, 1.82) is 0 Å². The van der Waals surface area contributed by atoms with Crippen LogP contribution in [0.25, 0.3) is 0 Å². The molecule has 0 saturated heterocycles. The van der Waals surface area contributed by atoms with Gasteiger partial charge in [-0.25, -0.2) is 0 Å². The topological polar surface area (TPSA) is 20.2 Å². The molecule has 0 aromatic carbocycles. The highest BCUT2D eigenvalue weighted by molar-refractivity contribution is 7.07. The van der Waals surface area contributed by atoms with E-state index in [0.717, 1.165) is 24.8 Å². The normalized spacial score (nSPS) is 12.3. The van der Waals surface area contributed by atoms with Gasteiger partial charge in [0.1, 0.15) is 0 Å². The average Bonchev–Trinajstić information content (AvgIpc) is 2.56. The van der Waals surface area contributed by atoms with Gasteiger partial charge in [-0.1, -0.05) is 0 Å². The second-order valence-corrected chi connectivity index (χ2v) is 3.45. The Labute approximate surface area is 77.1 Å². The number of hydrogen-bond acceptors (Lipinski definition) is 2. The third-order valence-electron chi connectivity index (χ3n) is 1.73. The van der Waals surface area contributed by atoms with Gasteiger partial charge in [0, 0.05) is 6.42 Å². The number of unbranched alkanes of at least 4 members (excludes halogenated alkanes) is 1. The Morgan fingerprint density at radius 3 is 3.08 bits per heavy atom. The molecule has 1 N–H and O–H groups in total. The van der Waals surface area contributed by atoms with Gasteiger partial charge in [0.15, 0.2) is 0 Å². The van der Waals surface area contributed by atoms with Gasteiger partial charge in [0.05, 0.1) is 6.10 Å². The highest BCUT2D eigenvalue weighted by atomic mass is 32.1. The van der Waals surface area contributed by atoms with Crippen molar-refractivity contribution in [3.8, 4) is 12.3 Å². The number of aliphatic hydroxyl groups is 1.